The summed E-state index contributed by atoms with van der Waals surface area (Å²) in [7, 11) is 0. The molecule has 1 fully saturated rings. The minimum atomic E-state index is -0.186. The molecule has 1 aromatic heterocycles. The summed E-state index contributed by atoms with van der Waals surface area (Å²) in [6, 6.07) is 0.170. The number of esters is 1. The van der Waals surface area contributed by atoms with E-state index >= 15 is 0 Å². The van der Waals surface area contributed by atoms with Gasteiger partial charge in [0, 0.05) is 18.7 Å². The highest BCUT2D eigenvalue weighted by atomic mass is 16.6. The Morgan fingerprint density at radius 2 is 2.28 bits per heavy atom. The maximum absolute atomic E-state index is 11.6. The van der Waals surface area contributed by atoms with Crippen molar-refractivity contribution in [2.75, 3.05) is 0 Å². The van der Waals surface area contributed by atoms with E-state index in [1.165, 1.54) is 0 Å². The Balaban J connectivity index is 1.95. The lowest BCUT2D eigenvalue weighted by atomic mass is 10.1. The molecule has 0 amide bonds. The van der Waals surface area contributed by atoms with Crippen molar-refractivity contribution in [2.45, 2.75) is 58.3 Å². The van der Waals surface area contributed by atoms with Gasteiger partial charge in [0.1, 0.15) is 12.1 Å². The summed E-state index contributed by atoms with van der Waals surface area (Å²) in [6.07, 6.45) is 4.62. The number of aromatic nitrogens is 2. The second-order valence-electron chi connectivity index (χ2n) is 5.23. The van der Waals surface area contributed by atoms with E-state index in [1.54, 1.807) is 0 Å². The highest BCUT2D eigenvalue weighted by Gasteiger charge is 2.33. The lowest BCUT2D eigenvalue weighted by molar-refractivity contribution is -0.142. The molecule has 0 aliphatic carbocycles. The highest BCUT2D eigenvalue weighted by Crippen LogP contribution is 2.17. The van der Waals surface area contributed by atoms with Gasteiger partial charge in [0.05, 0.1) is 12.2 Å². The van der Waals surface area contributed by atoms with Crippen molar-refractivity contribution in [3.8, 4) is 0 Å². The number of hydrogen-bond donors (Lipinski definition) is 1. The van der Waals surface area contributed by atoms with Crippen molar-refractivity contribution in [1.29, 1.82) is 0 Å². The Morgan fingerprint density at radius 1 is 1.56 bits per heavy atom. The molecular formula is C13H21N3O2. The van der Waals surface area contributed by atoms with Crippen LogP contribution >= 0.6 is 0 Å². The van der Waals surface area contributed by atoms with Crippen LogP contribution in [0.3, 0.4) is 0 Å². The quantitative estimate of drug-likeness (QED) is 0.823. The third kappa shape index (κ3) is 2.72. The molecule has 0 spiro atoms. The van der Waals surface area contributed by atoms with Crippen LogP contribution in [0.5, 0.6) is 0 Å². The fraction of sp³-hybridized carbons (Fsp3) is 0.692. The summed E-state index contributed by atoms with van der Waals surface area (Å²) in [5.74, 6) is -0.141. The fourth-order valence-electron chi connectivity index (χ4n) is 2.23. The Kier molecular flexibility index (Phi) is 3.71. The highest BCUT2D eigenvalue weighted by molar-refractivity contribution is 5.77. The number of carbonyl (C=O) groups excluding carboxylic acids is 1. The molecular weight excluding hydrogens is 230 g/mol. The average Bonchev–Trinajstić information content (AvgIpc) is 2.85. The minimum absolute atomic E-state index is 0.0180. The molecule has 0 aromatic carbocycles. The topological polar surface area (TPSA) is 56.1 Å². The van der Waals surface area contributed by atoms with Gasteiger partial charge < -0.3 is 4.74 Å². The normalized spacial score (nSPS) is 27.0. The van der Waals surface area contributed by atoms with Gasteiger partial charge in [-0.25, -0.2) is 0 Å². The maximum Gasteiger partial charge on any atom is 0.323 e. The molecule has 5 nitrogen and oxygen atoms in total. The molecule has 2 heterocycles. The number of nitrogens with zero attached hydrogens (tertiary/aromatic N) is 2. The van der Waals surface area contributed by atoms with Crippen molar-refractivity contribution in [3.63, 3.8) is 0 Å². The summed E-state index contributed by atoms with van der Waals surface area (Å²) < 4.78 is 7.07. The third-order valence-corrected chi connectivity index (χ3v) is 3.51. The molecule has 4 atom stereocenters. The molecule has 4 unspecified atom stereocenters. The van der Waals surface area contributed by atoms with E-state index in [9.17, 15) is 4.79 Å². The molecule has 1 aromatic rings. The van der Waals surface area contributed by atoms with Gasteiger partial charge in [-0.15, -0.1) is 0 Å². The van der Waals surface area contributed by atoms with E-state index in [2.05, 4.69) is 24.3 Å². The first kappa shape index (κ1) is 13.1. The van der Waals surface area contributed by atoms with E-state index in [-0.39, 0.29) is 30.2 Å². The smallest absolute Gasteiger partial charge is 0.323 e. The van der Waals surface area contributed by atoms with Crippen molar-refractivity contribution >= 4 is 5.97 Å². The SMILES string of the molecule is Cc1cnn(C(C)C(C)NC2CC(C)OC2=O)c1. The summed E-state index contributed by atoms with van der Waals surface area (Å²) in [5, 5.41) is 7.64. The lowest BCUT2D eigenvalue weighted by Gasteiger charge is -2.23. The summed E-state index contributed by atoms with van der Waals surface area (Å²) in [5.41, 5.74) is 1.14. The van der Waals surface area contributed by atoms with Gasteiger partial charge in [-0.3, -0.25) is 14.8 Å². The summed E-state index contributed by atoms with van der Waals surface area (Å²) >= 11 is 0. The standard InChI is InChI=1S/C13H21N3O2/c1-8-6-14-16(7-8)11(4)10(3)15-12-5-9(2)18-13(12)17/h6-7,9-12,15H,5H2,1-4H3. The molecule has 0 saturated carbocycles. The zero-order valence-corrected chi connectivity index (χ0v) is 11.4. The molecule has 1 aliphatic heterocycles. The number of rotatable bonds is 4. The third-order valence-electron chi connectivity index (χ3n) is 3.51. The molecule has 2 rings (SSSR count). The van der Waals surface area contributed by atoms with Crippen LogP contribution in [0.2, 0.25) is 0 Å². The molecule has 1 N–H and O–H groups in total. The maximum atomic E-state index is 11.6. The largest absolute Gasteiger partial charge is 0.461 e. The second-order valence-corrected chi connectivity index (χ2v) is 5.23. The van der Waals surface area contributed by atoms with Gasteiger partial charge in [-0.1, -0.05) is 0 Å². The number of ether oxygens (including phenoxy) is 1. The predicted molar refractivity (Wildman–Crippen MR) is 68.2 cm³/mol. The molecule has 100 valence electrons. The van der Waals surface area contributed by atoms with Crippen LogP contribution in [-0.2, 0) is 9.53 Å². The number of aryl methyl sites for hydroxylation is 1. The monoisotopic (exact) mass is 251 g/mol. The summed E-state index contributed by atoms with van der Waals surface area (Å²) in [6.45, 7) is 8.10. The Labute approximate surface area is 108 Å². The molecule has 1 aliphatic rings. The van der Waals surface area contributed by atoms with Gasteiger partial charge in [0.2, 0.25) is 0 Å². The summed E-state index contributed by atoms with van der Waals surface area (Å²) in [4.78, 5) is 11.6. The van der Waals surface area contributed by atoms with Crippen molar-refractivity contribution in [2.24, 2.45) is 0 Å². The zero-order valence-electron chi connectivity index (χ0n) is 11.4. The number of hydrogen-bond acceptors (Lipinski definition) is 4. The zero-order chi connectivity index (χ0) is 13.3. The van der Waals surface area contributed by atoms with E-state index in [0.717, 1.165) is 12.0 Å². The Morgan fingerprint density at radius 3 is 2.78 bits per heavy atom. The Bertz CT molecular complexity index is 430. The van der Waals surface area contributed by atoms with E-state index < -0.39 is 0 Å². The van der Waals surface area contributed by atoms with E-state index in [0.29, 0.717) is 0 Å². The van der Waals surface area contributed by atoms with Crippen LogP contribution < -0.4 is 5.32 Å². The fourth-order valence-corrected chi connectivity index (χ4v) is 2.23. The Hall–Kier alpha value is -1.36. The molecule has 5 heteroatoms. The average molecular weight is 251 g/mol. The first-order valence-corrected chi connectivity index (χ1v) is 6.44. The predicted octanol–water partition coefficient (Wildman–Crippen LogP) is 1.43. The van der Waals surface area contributed by atoms with Crippen LogP contribution in [0.1, 0.15) is 38.8 Å². The number of carbonyl (C=O) groups is 1. The van der Waals surface area contributed by atoms with Crippen LogP contribution in [0, 0.1) is 6.92 Å². The van der Waals surface area contributed by atoms with Crippen LogP contribution in [0.25, 0.3) is 0 Å². The first-order valence-electron chi connectivity index (χ1n) is 6.44. The molecule has 1 saturated heterocycles. The number of nitrogens with one attached hydrogen (secondary N) is 1. The van der Waals surface area contributed by atoms with Gasteiger partial charge in [0.25, 0.3) is 0 Å². The second kappa shape index (κ2) is 5.10. The molecule has 0 bridgehead atoms. The van der Waals surface area contributed by atoms with Crippen molar-refractivity contribution in [3.05, 3.63) is 18.0 Å². The first-order chi connectivity index (χ1) is 8.47. The van der Waals surface area contributed by atoms with Crippen LogP contribution in [0.15, 0.2) is 12.4 Å². The van der Waals surface area contributed by atoms with E-state index in [1.807, 2.05) is 30.9 Å². The van der Waals surface area contributed by atoms with Gasteiger partial charge in [-0.2, -0.15) is 5.10 Å². The van der Waals surface area contributed by atoms with Crippen molar-refractivity contribution < 1.29 is 9.53 Å². The number of cyclic esters (lactones) is 1. The van der Waals surface area contributed by atoms with Crippen LogP contribution in [0.4, 0.5) is 0 Å². The van der Waals surface area contributed by atoms with Gasteiger partial charge >= 0.3 is 5.97 Å². The lowest BCUT2D eigenvalue weighted by Crippen LogP contribution is -2.43. The molecule has 18 heavy (non-hydrogen) atoms. The van der Waals surface area contributed by atoms with E-state index in [4.69, 9.17) is 4.74 Å². The molecule has 0 radical (unpaired) electrons. The minimum Gasteiger partial charge on any atom is -0.461 e. The van der Waals surface area contributed by atoms with Crippen LogP contribution in [-0.4, -0.2) is 33.9 Å². The van der Waals surface area contributed by atoms with Gasteiger partial charge in [0.15, 0.2) is 0 Å². The van der Waals surface area contributed by atoms with Crippen molar-refractivity contribution in [1.82, 2.24) is 15.1 Å². The van der Waals surface area contributed by atoms with Gasteiger partial charge in [-0.05, 0) is 33.3 Å².